The van der Waals surface area contributed by atoms with Crippen LogP contribution in [0.5, 0.6) is 0 Å². The van der Waals surface area contributed by atoms with Gasteiger partial charge in [-0.2, -0.15) is 0 Å². The van der Waals surface area contributed by atoms with Gasteiger partial charge >= 0.3 is 26.4 Å². The van der Waals surface area contributed by atoms with Crippen molar-refractivity contribution in [3.8, 4) is 0 Å². The molecule has 2 atom stereocenters. The molecule has 0 spiro atoms. The van der Waals surface area contributed by atoms with Crippen molar-refractivity contribution in [3.63, 3.8) is 0 Å². The molecule has 0 aromatic carbocycles. The maximum absolute atomic E-state index is 6.27. The van der Waals surface area contributed by atoms with Gasteiger partial charge in [-0.3, -0.25) is 0 Å². The maximum atomic E-state index is 6.27. The Morgan fingerprint density at radius 1 is 0.696 bits per heavy atom. The summed E-state index contributed by atoms with van der Waals surface area (Å²) in [6.45, 7) is 28.3. The van der Waals surface area contributed by atoms with Crippen LogP contribution in [0, 0.1) is 0 Å². The van der Waals surface area contributed by atoms with Gasteiger partial charge < -0.3 is 16.5 Å². The second kappa shape index (κ2) is 8.49. The lowest BCUT2D eigenvalue weighted by atomic mass is 11.3. The predicted molar refractivity (Wildman–Crippen MR) is 112 cm³/mol. The molecule has 0 amide bonds. The zero-order valence-electron chi connectivity index (χ0n) is 16.1. The molecule has 0 aromatic rings. The SMILES string of the molecule is C=C[Si](C)(C)O[Si](C)(C)O[SiH](C)O[Si](C)(C=C)O[Si](C)(C)C=C. The van der Waals surface area contributed by atoms with E-state index in [9.17, 15) is 0 Å². The van der Waals surface area contributed by atoms with E-state index < -0.39 is 43.0 Å². The van der Waals surface area contributed by atoms with E-state index in [0.29, 0.717) is 0 Å². The molecule has 23 heavy (non-hydrogen) atoms. The van der Waals surface area contributed by atoms with Gasteiger partial charge in [-0.1, -0.05) is 17.1 Å². The molecule has 0 heterocycles. The first-order valence-electron chi connectivity index (χ1n) is 7.86. The molecule has 0 fully saturated rings. The van der Waals surface area contributed by atoms with Gasteiger partial charge in [-0.05, 0) is 52.4 Å². The van der Waals surface area contributed by atoms with Crippen molar-refractivity contribution in [1.29, 1.82) is 0 Å². The Labute approximate surface area is 148 Å². The number of hydrogen-bond acceptors (Lipinski definition) is 4. The molecule has 2 unspecified atom stereocenters. The molecule has 0 aliphatic carbocycles. The van der Waals surface area contributed by atoms with E-state index in [4.69, 9.17) is 16.5 Å². The van der Waals surface area contributed by atoms with Crippen molar-refractivity contribution >= 4 is 43.0 Å². The highest BCUT2D eigenvalue weighted by atomic mass is 28.5. The lowest BCUT2D eigenvalue weighted by Gasteiger charge is -2.37. The Morgan fingerprint density at radius 3 is 1.52 bits per heavy atom. The average molecular weight is 407 g/mol. The molecule has 0 N–H and O–H groups in total. The minimum Gasteiger partial charge on any atom is -0.433 e. The smallest absolute Gasteiger partial charge is 0.342 e. The number of hydrogen-bond donors (Lipinski definition) is 0. The predicted octanol–water partition coefficient (Wildman–Crippen LogP) is 4.26. The zero-order valence-corrected chi connectivity index (χ0v) is 21.2. The van der Waals surface area contributed by atoms with Crippen LogP contribution in [0.2, 0.25) is 52.4 Å². The van der Waals surface area contributed by atoms with Crippen molar-refractivity contribution in [2.24, 2.45) is 0 Å². The van der Waals surface area contributed by atoms with Crippen LogP contribution in [0.25, 0.3) is 0 Å². The Balaban J connectivity index is 4.90. The van der Waals surface area contributed by atoms with E-state index in [2.05, 4.69) is 59.0 Å². The van der Waals surface area contributed by atoms with Crippen LogP contribution in [0.4, 0.5) is 0 Å². The fraction of sp³-hybridized carbons (Fsp3) is 0.571. The molecule has 0 radical (unpaired) electrons. The minimum absolute atomic E-state index is 1.83. The number of rotatable bonds is 11. The minimum atomic E-state index is -2.46. The largest absolute Gasteiger partial charge is 0.433 e. The third kappa shape index (κ3) is 9.26. The van der Waals surface area contributed by atoms with Crippen LogP contribution in [-0.4, -0.2) is 43.0 Å². The van der Waals surface area contributed by atoms with Crippen LogP contribution in [0.1, 0.15) is 0 Å². The molecule has 0 rings (SSSR count). The van der Waals surface area contributed by atoms with Crippen LogP contribution in [0.15, 0.2) is 36.8 Å². The third-order valence-electron chi connectivity index (χ3n) is 3.18. The molecule has 9 heteroatoms. The highest BCUT2D eigenvalue weighted by Crippen LogP contribution is 2.22. The normalized spacial score (nSPS) is 17.2. The first-order chi connectivity index (χ1) is 10.2. The Kier molecular flexibility index (Phi) is 8.55. The topological polar surface area (TPSA) is 36.9 Å². The summed E-state index contributed by atoms with van der Waals surface area (Å²) in [6.07, 6.45) is 0. The molecule has 0 aliphatic rings. The van der Waals surface area contributed by atoms with Crippen molar-refractivity contribution in [1.82, 2.24) is 0 Å². The van der Waals surface area contributed by atoms with Gasteiger partial charge in [0.1, 0.15) is 0 Å². The van der Waals surface area contributed by atoms with Crippen LogP contribution < -0.4 is 0 Å². The second-order valence-electron chi connectivity index (χ2n) is 7.24. The second-order valence-corrected chi connectivity index (χ2v) is 24.4. The van der Waals surface area contributed by atoms with Gasteiger partial charge in [0.15, 0.2) is 16.6 Å². The standard InChI is InChI=1S/C14H34O4Si5/c1-12-20(5,6)17-22(9,10)15-19(4)16-23(11,14-3)18-21(7,8)13-2/h12-14,19H,1-3H2,4-11H3. The quantitative estimate of drug-likeness (QED) is 0.480. The van der Waals surface area contributed by atoms with E-state index in [1.807, 2.05) is 30.2 Å². The summed E-state index contributed by atoms with van der Waals surface area (Å²) in [7, 11) is -10.4. The summed E-state index contributed by atoms with van der Waals surface area (Å²) in [6, 6.07) is 0. The summed E-state index contributed by atoms with van der Waals surface area (Å²) < 4.78 is 25.0. The lowest BCUT2D eigenvalue weighted by Crippen LogP contribution is -2.53. The van der Waals surface area contributed by atoms with Crippen molar-refractivity contribution < 1.29 is 16.5 Å². The average Bonchev–Trinajstić information content (AvgIpc) is 2.35. The summed E-state index contributed by atoms with van der Waals surface area (Å²) in [4.78, 5) is 0. The fourth-order valence-electron chi connectivity index (χ4n) is 2.13. The van der Waals surface area contributed by atoms with Crippen LogP contribution in [0.3, 0.4) is 0 Å². The molecule has 0 bridgehead atoms. The first-order valence-corrected chi connectivity index (χ1v) is 21.1. The molecule has 0 aromatic heterocycles. The van der Waals surface area contributed by atoms with Crippen molar-refractivity contribution in [3.05, 3.63) is 36.8 Å². The summed E-state index contributed by atoms with van der Waals surface area (Å²) in [5.41, 5.74) is 5.68. The molecule has 0 saturated carbocycles. The highest BCUT2D eigenvalue weighted by molar-refractivity contribution is 6.90. The summed E-state index contributed by atoms with van der Waals surface area (Å²) in [5.74, 6) is 0. The van der Waals surface area contributed by atoms with E-state index in [1.165, 1.54) is 0 Å². The monoisotopic (exact) mass is 406 g/mol. The maximum Gasteiger partial charge on any atom is 0.342 e. The summed E-state index contributed by atoms with van der Waals surface area (Å²) >= 11 is 0. The van der Waals surface area contributed by atoms with Gasteiger partial charge in [-0.25, -0.2) is 0 Å². The van der Waals surface area contributed by atoms with Crippen molar-refractivity contribution in [2.45, 2.75) is 52.4 Å². The van der Waals surface area contributed by atoms with Crippen LogP contribution >= 0.6 is 0 Å². The molecular weight excluding hydrogens is 373 g/mol. The highest BCUT2D eigenvalue weighted by Gasteiger charge is 2.40. The van der Waals surface area contributed by atoms with Gasteiger partial charge in [0, 0.05) is 0 Å². The van der Waals surface area contributed by atoms with E-state index >= 15 is 0 Å². The Hall–Kier alpha value is 0.144. The molecule has 134 valence electrons. The summed E-state index contributed by atoms with van der Waals surface area (Å²) in [5, 5.41) is 0. The third-order valence-corrected chi connectivity index (χ3v) is 20.5. The Morgan fingerprint density at radius 2 is 1.13 bits per heavy atom. The van der Waals surface area contributed by atoms with Crippen molar-refractivity contribution in [2.75, 3.05) is 0 Å². The molecular formula is C14H34O4Si5. The van der Waals surface area contributed by atoms with Gasteiger partial charge in [0.25, 0.3) is 0 Å². The van der Waals surface area contributed by atoms with Gasteiger partial charge in [0.05, 0.1) is 0 Å². The molecule has 4 nitrogen and oxygen atoms in total. The van der Waals surface area contributed by atoms with Crippen LogP contribution in [-0.2, 0) is 16.5 Å². The van der Waals surface area contributed by atoms with Gasteiger partial charge in [0.2, 0.25) is 0 Å². The first kappa shape index (κ1) is 23.1. The van der Waals surface area contributed by atoms with E-state index in [1.54, 1.807) is 0 Å². The van der Waals surface area contributed by atoms with E-state index in [-0.39, 0.29) is 0 Å². The zero-order chi connectivity index (χ0) is 18.5. The molecule has 0 aliphatic heterocycles. The fourth-order valence-corrected chi connectivity index (χ4v) is 20.5. The van der Waals surface area contributed by atoms with Gasteiger partial charge in [-0.15, -0.1) is 19.7 Å². The molecule has 0 saturated heterocycles. The van der Waals surface area contributed by atoms with E-state index in [0.717, 1.165) is 0 Å². The lowest BCUT2D eigenvalue weighted by molar-refractivity contribution is 0.324. The Bertz CT molecular complexity index is 439.